The molecular weight excluding hydrogens is 453 g/mol. The Kier molecular flexibility index (Phi) is 8.87. The van der Waals surface area contributed by atoms with Crippen LogP contribution < -0.4 is 0 Å². The highest BCUT2D eigenvalue weighted by Crippen LogP contribution is 2.41. The lowest BCUT2D eigenvalue weighted by Gasteiger charge is -2.31. The van der Waals surface area contributed by atoms with Crippen molar-refractivity contribution in [3.05, 3.63) is 63.6 Å². The fourth-order valence-corrected chi connectivity index (χ4v) is 5.22. The van der Waals surface area contributed by atoms with Crippen LogP contribution in [0.3, 0.4) is 0 Å². The van der Waals surface area contributed by atoms with E-state index in [9.17, 15) is 4.79 Å². The molecule has 31 heavy (non-hydrogen) atoms. The van der Waals surface area contributed by atoms with Crippen molar-refractivity contribution in [1.82, 2.24) is 4.90 Å². The summed E-state index contributed by atoms with van der Waals surface area (Å²) in [7, 11) is 0. The van der Waals surface area contributed by atoms with Gasteiger partial charge < -0.3 is 9.84 Å². The van der Waals surface area contributed by atoms with Crippen LogP contribution in [0.1, 0.15) is 37.3 Å². The number of carbonyl (C=O) groups is 1. The first-order chi connectivity index (χ1) is 14.8. The molecule has 0 aliphatic carbocycles. The molecule has 0 aromatic heterocycles. The van der Waals surface area contributed by atoms with Crippen LogP contribution in [0.2, 0.25) is 10.0 Å². The summed E-state index contributed by atoms with van der Waals surface area (Å²) in [4.78, 5) is 15.2. The van der Waals surface area contributed by atoms with E-state index in [4.69, 9.17) is 33.0 Å². The Hall–Kier alpha value is -1.50. The minimum absolute atomic E-state index is 0.0285. The van der Waals surface area contributed by atoms with Gasteiger partial charge in [-0.25, -0.2) is 0 Å². The van der Waals surface area contributed by atoms with Crippen LogP contribution in [0.4, 0.5) is 0 Å². The van der Waals surface area contributed by atoms with Crippen LogP contribution in [0.15, 0.2) is 52.3 Å². The van der Waals surface area contributed by atoms with E-state index in [1.807, 2.05) is 30.4 Å². The predicted molar refractivity (Wildman–Crippen MR) is 129 cm³/mol. The third kappa shape index (κ3) is 6.74. The second kappa shape index (κ2) is 11.4. The molecule has 1 aliphatic rings. The van der Waals surface area contributed by atoms with Crippen molar-refractivity contribution in [3.8, 4) is 0 Å². The predicted octanol–water partition coefficient (Wildman–Crippen LogP) is 6.46. The zero-order valence-electron chi connectivity index (χ0n) is 17.7. The molecule has 2 aromatic carbocycles. The lowest BCUT2D eigenvalue weighted by molar-refractivity contribution is -0.142. The van der Waals surface area contributed by atoms with Gasteiger partial charge in [0.1, 0.15) is 0 Å². The van der Waals surface area contributed by atoms with Gasteiger partial charge in [0.2, 0.25) is 0 Å². The first-order valence-electron chi connectivity index (χ1n) is 10.3. The van der Waals surface area contributed by atoms with E-state index in [-0.39, 0.29) is 12.5 Å². The summed E-state index contributed by atoms with van der Waals surface area (Å²) < 4.78 is 5.52. The maximum atomic E-state index is 10.9. The van der Waals surface area contributed by atoms with Crippen molar-refractivity contribution in [3.63, 3.8) is 0 Å². The largest absolute Gasteiger partial charge is 0.481 e. The fourth-order valence-electron chi connectivity index (χ4n) is 3.52. The van der Waals surface area contributed by atoms with Crippen LogP contribution in [-0.4, -0.2) is 48.3 Å². The third-order valence-electron chi connectivity index (χ3n) is 5.12. The number of hydrogen-bond acceptors (Lipinski definition) is 4. The van der Waals surface area contributed by atoms with Crippen molar-refractivity contribution < 1.29 is 14.6 Å². The number of carboxylic acids is 1. The molecule has 0 bridgehead atoms. The average Bonchev–Trinajstić information content (AvgIpc) is 2.73. The fraction of sp³-hybridized carbons (Fsp3) is 0.375. The van der Waals surface area contributed by atoms with E-state index in [2.05, 4.69) is 36.9 Å². The second-order valence-electron chi connectivity index (χ2n) is 7.83. The number of hydrogen-bond donors (Lipinski definition) is 1. The van der Waals surface area contributed by atoms with Gasteiger partial charge in [0, 0.05) is 29.4 Å². The van der Waals surface area contributed by atoms with E-state index < -0.39 is 5.97 Å². The summed E-state index contributed by atoms with van der Waals surface area (Å²) in [6, 6.07) is 12.3. The van der Waals surface area contributed by atoms with Gasteiger partial charge in [0.15, 0.2) is 0 Å². The molecule has 1 unspecified atom stereocenters. The summed E-state index contributed by atoms with van der Waals surface area (Å²) >= 11 is 14.8. The Morgan fingerprint density at radius 1 is 1.23 bits per heavy atom. The summed E-state index contributed by atoms with van der Waals surface area (Å²) in [6.45, 7) is 6.99. The Balaban J connectivity index is 1.66. The summed E-state index contributed by atoms with van der Waals surface area (Å²) in [5.41, 5.74) is 2.15. The number of benzene rings is 2. The molecule has 4 nitrogen and oxygen atoms in total. The summed E-state index contributed by atoms with van der Waals surface area (Å²) in [5.74, 6) is -0.409. The zero-order chi connectivity index (χ0) is 22.4. The van der Waals surface area contributed by atoms with Crippen LogP contribution in [0.5, 0.6) is 0 Å². The number of rotatable bonds is 8. The zero-order valence-corrected chi connectivity index (χ0v) is 20.0. The third-order valence-corrected chi connectivity index (χ3v) is 7.28. The van der Waals surface area contributed by atoms with Gasteiger partial charge >= 0.3 is 5.97 Å². The van der Waals surface area contributed by atoms with Gasteiger partial charge in [-0.1, -0.05) is 85.2 Å². The monoisotopic (exact) mass is 479 g/mol. The smallest absolute Gasteiger partial charge is 0.306 e. The Bertz CT molecular complexity index is 948. The maximum absolute atomic E-state index is 10.9. The minimum atomic E-state index is -0.835. The number of carboxylic acid groups (broad SMARTS) is 1. The Morgan fingerprint density at radius 2 is 2.00 bits per heavy atom. The molecular formula is C24H27Cl2NO3S. The molecule has 1 fully saturated rings. The highest BCUT2D eigenvalue weighted by molar-refractivity contribution is 7.99. The Labute approximate surface area is 198 Å². The summed E-state index contributed by atoms with van der Waals surface area (Å²) in [5, 5.41) is 10.0. The number of aliphatic carboxylic acids is 1. The first-order valence-corrected chi connectivity index (χ1v) is 11.9. The van der Waals surface area contributed by atoms with Crippen molar-refractivity contribution >= 4 is 47.0 Å². The lowest BCUT2D eigenvalue weighted by Crippen LogP contribution is -2.43. The average molecular weight is 480 g/mol. The van der Waals surface area contributed by atoms with E-state index in [1.165, 1.54) is 10.5 Å². The van der Waals surface area contributed by atoms with Crippen molar-refractivity contribution in [1.29, 1.82) is 0 Å². The standard InChI is InChI=1S/C24H27Cl2NO3S/c1-16(2)19-7-3-4-8-20(19)31-21-10-9-17(23(25)24(21)26)6-5-11-27-12-13-30-18(15-27)14-22(28)29/h3-10,16,18H,11-15H2,1-2H3,(H,28,29)/b6-5+. The van der Waals surface area contributed by atoms with Gasteiger partial charge in [-0.15, -0.1) is 0 Å². The molecule has 1 heterocycles. The molecule has 0 radical (unpaired) electrons. The minimum Gasteiger partial charge on any atom is -0.481 e. The van der Waals surface area contributed by atoms with E-state index in [0.29, 0.717) is 35.7 Å². The summed E-state index contributed by atoms with van der Waals surface area (Å²) in [6.07, 6.45) is 3.76. The van der Waals surface area contributed by atoms with E-state index in [0.717, 1.165) is 17.0 Å². The first kappa shape index (κ1) is 24.1. The molecule has 0 saturated carbocycles. The van der Waals surface area contributed by atoms with Gasteiger partial charge in [0.05, 0.1) is 29.2 Å². The molecule has 0 amide bonds. The molecule has 166 valence electrons. The molecule has 2 aromatic rings. The molecule has 7 heteroatoms. The van der Waals surface area contributed by atoms with Crippen LogP contribution in [0, 0.1) is 0 Å². The van der Waals surface area contributed by atoms with Gasteiger partial charge in [0.25, 0.3) is 0 Å². The quantitative estimate of drug-likeness (QED) is 0.470. The topological polar surface area (TPSA) is 49.8 Å². The highest BCUT2D eigenvalue weighted by atomic mass is 35.5. The second-order valence-corrected chi connectivity index (χ2v) is 9.67. The van der Waals surface area contributed by atoms with Crippen molar-refractivity contribution in [2.45, 2.75) is 42.1 Å². The van der Waals surface area contributed by atoms with Crippen molar-refractivity contribution in [2.24, 2.45) is 0 Å². The maximum Gasteiger partial charge on any atom is 0.306 e. The Morgan fingerprint density at radius 3 is 2.74 bits per heavy atom. The van der Waals surface area contributed by atoms with Crippen LogP contribution in [0.25, 0.3) is 6.08 Å². The molecule has 1 N–H and O–H groups in total. The molecule has 3 rings (SSSR count). The van der Waals surface area contributed by atoms with E-state index >= 15 is 0 Å². The number of morpholine rings is 1. The number of halogens is 2. The molecule has 0 spiro atoms. The van der Waals surface area contributed by atoms with Crippen LogP contribution in [-0.2, 0) is 9.53 Å². The van der Waals surface area contributed by atoms with Crippen molar-refractivity contribution in [2.75, 3.05) is 26.2 Å². The van der Waals surface area contributed by atoms with Gasteiger partial charge in [-0.3, -0.25) is 9.69 Å². The lowest BCUT2D eigenvalue weighted by atomic mass is 10.0. The molecule has 1 aliphatic heterocycles. The van der Waals surface area contributed by atoms with E-state index in [1.54, 1.807) is 11.8 Å². The number of nitrogens with zero attached hydrogens (tertiary/aromatic N) is 1. The normalized spacial score (nSPS) is 17.5. The van der Waals surface area contributed by atoms with Gasteiger partial charge in [-0.05, 0) is 29.2 Å². The number of ether oxygens (including phenoxy) is 1. The highest BCUT2D eigenvalue weighted by Gasteiger charge is 2.22. The SMILES string of the molecule is CC(C)c1ccccc1Sc1ccc(/C=C/CN2CCOC(CC(=O)O)C2)c(Cl)c1Cl. The van der Waals surface area contributed by atoms with Crippen LogP contribution >= 0.6 is 35.0 Å². The molecule has 1 atom stereocenters. The van der Waals surface area contributed by atoms with Gasteiger partial charge in [-0.2, -0.15) is 0 Å². The molecule has 1 saturated heterocycles.